The molecule has 2 aromatic rings. The van der Waals surface area contributed by atoms with E-state index in [4.69, 9.17) is 4.74 Å². The summed E-state index contributed by atoms with van der Waals surface area (Å²) >= 11 is 0. The number of hydrogen-bond donors (Lipinski definition) is 2. The van der Waals surface area contributed by atoms with E-state index < -0.39 is 17.6 Å². The Bertz CT molecular complexity index is 879. The predicted octanol–water partition coefficient (Wildman–Crippen LogP) is 3.39. The van der Waals surface area contributed by atoms with Crippen LogP contribution in [0.15, 0.2) is 48.5 Å². The molecule has 1 amide bonds. The minimum absolute atomic E-state index is 0.0820. The van der Waals surface area contributed by atoms with Crippen molar-refractivity contribution in [3.63, 3.8) is 0 Å². The van der Waals surface area contributed by atoms with Gasteiger partial charge in [-0.2, -0.15) is 0 Å². The van der Waals surface area contributed by atoms with Gasteiger partial charge in [-0.25, -0.2) is 9.59 Å². The topological polar surface area (TPSA) is 75.6 Å². The van der Waals surface area contributed by atoms with Gasteiger partial charge in [0.2, 0.25) is 0 Å². The van der Waals surface area contributed by atoms with Gasteiger partial charge in [-0.3, -0.25) is 5.32 Å². The minimum atomic E-state index is -1.68. The first kappa shape index (κ1) is 17.6. The van der Waals surface area contributed by atoms with Crippen LogP contribution in [0.4, 0.5) is 4.79 Å². The lowest BCUT2D eigenvalue weighted by molar-refractivity contribution is -0.141. The number of amides is 1. The average Bonchev–Trinajstić information content (AvgIpc) is 2.94. The second-order valence-electron chi connectivity index (χ2n) is 6.26. The molecular formula is C21H19NO4. The summed E-state index contributed by atoms with van der Waals surface area (Å²) in [7, 11) is 0. The van der Waals surface area contributed by atoms with Crippen molar-refractivity contribution >= 4 is 12.1 Å². The first-order valence-electron chi connectivity index (χ1n) is 8.26. The Kier molecular flexibility index (Phi) is 4.68. The second-order valence-corrected chi connectivity index (χ2v) is 6.26. The van der Waals surface area contributed by atoms with Crippen LogP contribution >= 0.6 is 0 Å². The maximum absolute atomic E-state index is 12.2. The van der Waals surface area contributed by atoms with Crippen molar-refractivity contribution in [1.82, 2.24) is 5.32 Å². The highest BCUT2D eigenvalue weighted by molar-refractivity contribution is 5.87. The summed E-state index contributed by atoms with van der Waals surface area (Å²) < 4.78 is 5.35. The fraction of sp³-hybridized carbons (Fsp3) is 0.238. The Morgan fingerprint density at radius 2 is 1.65 bits per heavy atom. The summed E-state index contributed by atoms with van der Waals surface area (Å²) in [6.07, 6.45) is -0.806. The molecule has 1 aliphatic carbocycles. The largest absolute Gasteiger partial charge is 0.479 e. The monoisotopic (exact) mass is 349 g/mol. The molecule has 0 aliphatic heterocycles. The van der Waals surface area contributed by atoms with Gasteiger partial charge in [-0.05, 0) is 36.1 Å². The Hall–Kier alpha value is -3.26. The maximum atomic E-state index is 12.2. The van der Waals surface area contributed by atoms with Gasteiger partial charge < -0.3 is 9.84 Å². The van der Waals surface area contributed by atoms with Gasteiger partial charge in [-0.1, -0.05) is 54.5 Å². The van der Waals surface area contributed by atoms with Crippen molar-refractivity contribution in [2.24, 2.45) is 0 Å². The molecular weight excluding hydrogens is 330 g/mol. The summed E-state index contributed by atoms with van der Waals surface area (Å²) in [5.74, 6) is 3.69. The number of carbonyl (C=O) groups excluding carboxylic acids is 1. The zero-order chi connectivity index (χ0) is 18.7. The number of alkyl carbamates (subject to hydrolysis) is 1. The van der Waals surface area contributed by atoms with Crippen LogP contribution in [-0.4, -0.2) is 29.3 Å². The van der Waals surface area contributed by atoms with E-state index in [2.05, 4.69) is 17.2 Å². The quantitative estimate of drug-likeness (QED) is 0.830. The van der Waals surface area contributed by atoms with Gasteiger partial charge in [0.05, 0.1) is 0 Å². The lowest BCUT2D eigenvalue weighted by Crippen LogP contribution is -2.51. The normalized spacial score (nSPS) is 14.2. The number of benzene rings is 2. The van der Waals surface area contributed by atoms with Gasteiger partial charge >= 0.3 is 12.1 Å². The number of hydrogen-bond acceptors (Lipinski definition) is 3. The zero-order valence-corrected chi connectivity index (χ0v) is 14.6. The van der Waals surface area contributed by atoms with Crippen LogP contribution < -0.4 is 5.32 Å². The number of fused-ring (bicyclic) bond motifs is 3. The summed E-state index contributed by atoms with van der Waals surface area (Å²) in [5, 5.41) is 11.6. The summed E-state index contributed by atoms with van der Waals surface area (Å²) in [4.78, 5) is 23.5. The molecule has 0 unspecified atom stereocenters. The number of carboxylic acids is 1. The van der Waals surface area contributed by atoms with Crippen molar-refractivity contribution in [3.8, 4) is 23.0 Å². The van der Waals surface area contributed by atoms with Crippen molar-refractivity contribution in [1.29, 1.82) is 0 Å². The van der Waals surface area contributed by atoms with Crippen LogP contribution in [0.2, 0.25) is 0 Å². The summed E-state index contributed by atoms with van der Waals surface area (Å²) in [5.41, 5.74) is 2.76. The molecule has 0 heterocycles. The molecule has 2 N–H and O–H groups in total. The van der Waals surface area contributed by atoms with Crippen LogP contribution in [0.5, 0.6) is 0 Å². The Morgan fingerprint density at radius 3 is 2.15 bits per heavy atom. The number of rotatable bonds is 4. The molecule has 0 radical (unpaired) electrons. The van der Waals surface area contributed by atoms with Gasteiger partial charge in [0.15, 0.2) is 5.54 Å². The molecule has 2 aromatic carbocycles. The molecule has 0 fully saturated rings. The predicted molar refractivity (Wildman–Crippen MR) is 97.7 cm³/mol. The van der Waals surface area contributed by atoms with E-state index in [1.165, 1.54) is 13.8 Å². The van der Waals surface area contributed by atoms with Crippen LogP contribution in [-0.2, 0) is 9.53 Å². The van der Waals surface area contributed by atoms with E-state index in [0.717, 1.165) is 22.3 Å². The number of nitrogens with one attached hydrogen (secondary N) is 1. The molecule has 0 aromatic heterocycles. The smallest absolute Gasteiger partial charge is 0.408 e. The number of ether oxygens (including phenoxy) is 1. The molecule has 1 aliphatic rings. The van der Waals surface area contributed by atoms with Crippen molar-refractivity contribution in [2.45, 2.75) is 25.3 Å². The van der Waals surface area contributed by atoms with E-state index in [1.807, 2.05) is 48.5 Å². The van der Waals surface area contributed by atoms with Crippen LogP contribution in [0.1, 0.15) is 30.9 Å². The Balaban J connectivity index is 1.77. The first-order valence-corrected chi connectivity index (χ1v) is 8.26. The SMILES string of the molecule is CC#C[C@@](C)(NC(=O)OCC1c2ccccc2-c2ccccc21)C(=O)O. The van der Waals surface area contributed by atoms with Gasteiger partial charge in [0.25, 0.3) is 0 Å². The van der Waals surface area contributed by atoms with Crippen LogP contribution in [0, 0.1) is 11.8 Å². The molecule has 5 heteroatoms. The van der Waals surface area contributed by atoms with E-state index in [-0.39, 0.29) is 12.5 Å². The standard InChI is InChI=1S/C21H19NO4/c1-3-12-21(2,19(23)24)22-20(25)26-13-18-16-10-6-4-8-14(16)15-9-5-7-11-17(15)18/h4-11,18H,13H2,1-2H3,(H,22,25)(H,23,24)/t21-/m1/s1. The van der Waals surface area contributed by atoms with Crippen molar-refractivity contribution < 1.29 is 19.4 Å². The van der Waals surface area contributed by atoms with E-state index in [1.54, 1.807) is 0 Å². The molecule has 1 atom stereocenters. The Labute approximate surface area is 152 Å². The molecule has 132 valence electrons. The Morgan fingerprint density at radius 1 is 1.12 bits per heavy atom. The van der Waals surface area contributed by atoms with Gasteiger partial charge in [-0.15, -0.1) is 5.92 Å². The lowest BCUT2D eigenvalue weighted by Gasteiger charge is -2.21. The molecule has 26 heavy (non-hydrogen) atoms. The van der Waals surface area contributed by atoms with Crippen LogP contribution in [0.25, 0.3) is 11.1 Å². The van der Waals surface area contributed by atoms with Gasteiger partial charge in [0, 0.05) is 5.92 Å². The van der Waals surface area contributed by atoms with Crippen molar-refractivity contribution in [3.05, 3.63) is 59.7 Å². The number of carboxylic acid groups (broad SMARTS) is 1. The summed E-state index contributed by atoms with van der Waals surface area (Å²) in [6.45, 7) is 2.96. The van der Waals surface area contributed by atoms with Crippen LogP contribution in [0.3, 0.4) is 0 Å². The molecule has 0 saturated carbocycles. The van der Waals surface area contributed by atoms with Gasteiger partial charge in [0.1, 0.15) is 6.61 Å². The number of carbonyl (C=O) groups is 2. The highest BCUT2D eigenvalue weighted by atomic mass is 16.5. The zero-order valence-electron chi connectivity index (χ0n) is 14.6. The minimum Gasteiger partial charge on any atom is -0.479 e. The fourth-order valence-corrected chi connectivity index (χ4v) is 3.23. The third-order valence-electron chi connectivity index (χ3n) is 4.50. The lowest BCUT2D eigenvalue weighted by atomic mass is 9.98. The molecule has 5 nitrogen and oxygen atoms in total. The molecule has 0 saturated heterocycles. The third-order valence-corrected chi connectivity index (χ3v) is 4.50. The first-order chi connectivity index (χ1) is 12.5. The second kappa shape index (κ2) is 6.93. The fourth-order valence-electron chi connectivity index (χ4n) is 3.23. The molecule has 3 rings (SSSR count). The highest BCUT2D eigenvalue weighted by Gasteiger charge is 2.34. The van der Waals surface area contributed by atoms with E-state index in [0.29, 0.717) is 0 Å². The van der Waals surface area contributed by atoms with E-state index in [9.17, 15) is 14.7 Å². The molecule has 0 bridgehead atoms. The van der Waals surface area contributed by atoms with E-state index >= 15 is 0 Å². The summed E-state index contributed by atoms with van der Waals surface area (Å²) in [6, 6.07) is 16.0. The number of aliphatic carboxylic acids is 1. The average molecular weight is 349 g/mol. The third kappa shape index (κ3) is 3.14. The maximum Gasteiger partial charge on any atom is 0.408 e. The van der Waals surface area contributed by atoms with Crippen molar-refractivity contribution in [2.75, 3.05) is 6.61 Å². The molecule has 0 spiro atoms. The highest BCUT2D eigenvalue weighted by Crippen LogP contribution is 2.44.